The quantitative estimate of drug-likeness (QED) is 0.828. The minimum absolute atomic E-state index is 0. The number of nitrogens with one attached hydrogen (secondary N) is 1. The molecule has 1 aromatic carbocycles. The molecule has 23 heavy (non-hydrogen) atoms. The molecule has 0 unspecified atom stereocenters. The fourth-order valence-corrected chi connectivity index (χ4v) is 4.25. The molecule has 0 aromatic heterocycles. The third-order valence-corrected chi connectivity index (χ3v) is 5.71. The molecule has 1 fully saturated rings. The van der Waals surface area contributed by atoms with E-state index in [1.807, 2.05) is 0 Å². The molecule has 1 amide bonds. The zero-order valence-corrected chi connectivity index (χ0v) is 15.0. The maximum Gasteiger partial charge on any atom is 0.253 e. The van der Waals surface area contributed by atoms with Crippen LogP contribution in [0.3, 0.4) is 0 Å². The summed E-state index contributed by atoms with van der Waals surface area (Å²) in [6.07, 6.45) is 3.49. The molecular formula is C15H24ClN3O3S. The summed E-state index contributed by atoms with van der Waals surface area (Å²) in [5.74, 6) is -0.161. The molecule has 0 spiro atoms. The molecule has 1 aromatic rings. The lowest BCUT2D eigenvalue weighted by Crippen LogP contribution is -2.51. The van der Waals surface area contributed by atoms with Gasteiger partial charge >= 0.3 is 0 Å². The summed E-state index contributed by atoms with van der Waals surface area (Å²) in [5, 5.41) is 0. The highest BCUT2D eigenvalue weighted by Crippen LogP contribution is 2.30. The lowest BCUT2D eigenvalue weighted by molar-refractivity contribution is 0.0827. The van der Waals surface area contributed by atoms with Gasteiger partial charge in [-0.3, -0.25) is 4.79 Å². The molecule has 1 saturated carbocycles. The average Bonchev–Trinajstić information content (AvgIpc) is 2.95. The average molecular weight is 362 g/mol. The fourth-order valence-electron chi connectivity index (χ4n) is 2.78. The fraction of sp³-hybridized carbons (Fsp3) is 0.533. The number of amides is 1. The lowest BCUT2D eigenvalue weighted by Gasteiger charge is -2.28. The molecule has 1 aliphatic rings. The zero-order chi connectivity index (χ0) is 16.4. The van der Waals surface area contributed by atoms with Crippen LogP contribution in [-0.2, 0) is 10.0 Å². The van der Waals surface area contributed by atoms with E-state index in [1.54, 1.807) is 14.1 Å². The topological polar surface area (TPSA) is 92.5 Å². The third-order valence-electron chi connectivity index (χ3n) is 4.12. The van der Waals surface area contributed by atoms with Crippen LogP contribution >= 0.6 is 12.4 Å². The normalized spacial score (nSPS) is 16.7. The highest BCUT2D eigenvalue weighted by atomic mass is 35.5. The Kier molecular flexibility index (Phi) is 6.59. The van der Waals surface area contributed by atoms with Gasteiger partial charge < -0.3 is 10.6 Å². The predicted octanol–water partition coefficient (Wildman–Crippen LogP) is 1.36. The van der Waals surface area contributed by atoms with Crippen LogP contribution in [0.2, 0.25) is 0 Å². The smallest absolute Gasteiger partial charge is 0.253 e. The number of hydrogen-bond donors (Lipinski definition) is 2. The number of rotatable bonds is 5. The van der Waals surface area contributed by atoms with Crippen LogP contribution in [0.1, 0.15) is 36.0 Å². The highest BCUT2D eigenvalue weighted by Gasteiger charge is 2.36. The van der Waals surface area contributed by atoms with Gasteiger partial charge in [0, 0.05) is 31.7 Å². The van der Waals surface area contributed by atoms with Crippen LogP contribution in [0.25, 0.3) is 0 Å². The van der Waals surface area contributed by atoms with Gasteiger partial charge in [0.25, 0.3) is 5.91 Å². The van der Waals surface area contributed by atoms with Crippen molar-refractivity contribution >= 4 is 28.3 Å². The van der Waals surface area contributed by atoms with E-state index in [-0.39, 0.29) is 23.2 Å². The zero-order valence-electron chi connectivity index (χ0n) is 13.4. The molecule has 8 heteroatoms. The first-order valence-electron chi connectivity index (χ1n) is 7.35. The Morgan fingerprint density at radius 3 is 2.17 bits per heavy atom. The minimum atomic E-state index is -3.63. The van der Waals surface area contributed by atoms with E-state index in [4.69, 9.17) is 5.73 Å². The molecule has 0 aliphatic heterocycles. The number of carbonyl (C=O) groups excluding carboxylic acids is 1. The van der Waals surface area contributed by atoms with Gasteiger partial charge in [-0.05, 0) is 37.1 Å². The van der Waals surface area contributed by atoms with Crippen LogP contribution in [0, 0.1) is 0 Å². The van der Waals surface area contributed by atoms with E-state index >= 15 is 0 Å². The van der Waals surface area contributed by atoms with Gasteiger partial charge in [0.15, 0.2) is 0 Å². The lowest BCUT2D eigenvalue weighted by atomic mass is 10.0. The van der Waals surface area contributed by atoms with Gasteiger partial charge in [-0.2, -0.15) is 0 Å². The van der Waals surface area contributed by atoms with Gasteiger partial charge in [0.1, 0.15) is 0 Å². The second-order valence-electron chi connectivity index (χ2n) is 6.02. The van der Waals surface area contributed by atoms with Gasteiger partial charge in [0.2, 0.25) is 10.0 Å². The third kappa shape index (κ3) is 4.44. The van der Waals surface area contributed by atoms with Crippen LogP contribution < -0.4 is 10.5 Å². The van der Waals surface area contributed by atoms with E-state index < -0.39 is 15.6 Å². The van der Waals surface area contributed by atoms with Crippen molar-refractivity contribution in [3.05, 3.63) is 29.8 Å². The maximum absolute atomic E-state index is 12.5. The second kappa shape index (κ2) is 7.61. The SMILES string of the molecule is CN(C)C(=O)c1ccc(S(=O)(=O)NC2(CN)CCCC2)cc1.Cl. The Hall–Kier alpha value is -1.15. The number of nitrogens with zero attached hydrogens (tertiary/aromatic N) is 1. The molecule has 0 heterocycles. The first-order valence-corrected chi connectivity index (χ1v) is 8.84. The van der Waals surface area contributed by atoms with Crippen molar-refractivity contribution in [2.45, 2.75) is 36.1 Å². The van der Waals surface area contributed by atoms with Crippen molar-refractivity contribution in [3.8, 4) is 0 Å². The molecule has 130 valence electrons. The highest BCUT2D eigenvalue weighted by molar-refractivity contribution is 7.89. The van der Waals surface area contributed by atoms with E-state index in [1.165, 1.54) is 29.2 Å². The van der Waals surface area contributed by atoms with E-state index in [9.17, 15) is 13.2 Å². The minimum Gasteiger partial charge on any atom is -0.345 e. The predicted molar refractivity (Wildman–Crippen MR) is 92.3 cm³/mol. The van der Waals surface area contributed by atoms with E-state index in [2.05, 4.69) is 4.72 Å². The van der Waals surface area contributed by atoms with Crippen molar-refractivity contribution in [2.24, 2.45) is 5.73 Å². The summed E-state index contributed by atoms with van der Waals surface area (Å²) in [7, 11) is -0.327. The monoisotopic (exact) mass is 361 g/mol. The Bertz CT molecular complexity index is 638. The Balaban J connectivity index is 0.00000264. The summed E-state index contributed by atoms with van der Waals surface area (Å²) in [5.41, 5.74) is 5.70. The maximum atomic E-state index is 12.5. The molecule has 0 saturated heterocycles. The largest absolute Gasteiger partial charge is 0.345 e. The first kappa shape index (κ1) is 19.9. The van der Waals surface area contributed by atoms with Crippen molar-refractivity contribution in [1.29, 1.82) is 0 Å². The Labute approximate surface area is 143 Å². The van der Waals surface area contributed by atoms with Crippen molar-refractivity contribution in [2.75, 3.05) is 20.6 Å². The summed E-state index contributed by atoms with van der Waals surface area (Å²) in [6.45, 7) is 0.295. The number of hydrogen-bond acceptors (Lipinski definition) is 4. The molecule has 0 atom stereocenters. The molecule has 2 rings (SSSR count). The van der Waals surface area contributed by atoms with Gasteiger partial charge in [-0.15, -0.1) is 12.4 Å². The molecule has 0 radical (unpaired) electrons. The molecular weight excluding hydrogens is 338 g/mol. The molecule has 1 aliphatic carbocycles. The van der Waals surface area contributed by atoms with Crippen molar-refractivity contribution in [3.63, 3.8) is 0 Å². The summed E-state index contributed by atoms with van der Waals surface area (Å²) >= 11 is 0. The van der Waals surface area contributed by atoms with Crippen LogP contribution in [0.4, 0.5) is 0 Å². The molecule has 3 N–H and O–H groups in total. The van der Waals surface area contributed by atoms with Crippen molar-refractivity contribution in [1.82, 2.24) is 9.62 Å². The molecule has 6 nitrogen and oxygen atoms in total. The summed E-state index contributed by atoms with van der Waals surface area (Å²) < 4.78 is 27.8. The number of carbonyl (C=O) groups is 1. The molecule has 0 bridgehead atoms. The van der Waals surface area contributed by atoms with E-state index in [0.717, 1.165) is 25.7 Å². The van der Waals surface area contributed by atoms with Crippen LogP contribution in [0.5, 0.6) is 0 Å². The first-order chi connectivity index (χ1) is 10.3. The summed E-state index contributed by atoms with van der Waals surface area (Å²) in [4.78, 5) is 13.4. The number of halogens is 1. The van der Waals surface area contributed by atoms with Crippen LogP contribution in [-0.4, -0.2) is 45.4 Å². The van der Waals surface area contributed by atoms with Crippen LogP contribution in [0.15, 0.2) is 29.2 Å². The summed E-state index contributed by atoms with van der Waals surface area (Å²) in [6, 6.07) is 5.97. The number of nitrogens with two attached hydrogens (primary N) is 1. The second-order valence-corrected chi connectivity index (χ2v) is 7.70. The van der Waals surface area contributed by atoms with Crippen molar-refractivity contribution < 1.29 is 13.2 Å². The standard InChI is InChI=1S/C15H23N3O3S.ClH/c1-18(2)14(19)12-5-7-13(8-6-12)22(20,21)17-15(11-16)9-3-4-10-15;/h5-8,17H,3-4,9-11,16H2,1-2H3;1H. The van der Waals surface area contributed by atoms with E-state index in [0.29, 0.717) is 12.1 Å². The Morgan fingerprint density at radius 2 is 1.74 bits per heavy atom. The van der Waals surface area contributed by atoms with Gasteiger partial charge in [-0.25, -0.2) is 13.1 Å². The van der Waals surface area contributed by atoms with Gasteiger partial charge in [-0.1, -0.05) is 12.8 Å². The Morgan fingerprint density at radius 1 is 1.22 bits per heavy atom. The van der Waals surface area contributed by atoms with Gasteiger partial charge in [0.05, 0.1) is 4.90 Å². The number of benzene rings is 1. The number of sulfonamides is 1.